The van der Waals surface area contributed by atoms with Crippen LogP contribution in [-0.4, -0.2) is 31.1 Å². The summed E-state index contributed by atoms with van der Waals surface area (Å²) in [7, 11) is 0. The lowest BCUT2D eigenvalue weighted by atomic mass is 9.97. The zero-order valence-electron chi connectivity index (χ0n) is 12.2. The normalized spacial score (nSPS) is 15.4. The zero-order valence-corrected chi connectivity index (χ0v) is 12.2. The first-order valence-corrected chi connectivity index (χ1v) is 7.30. The van der Waals surface area contributed by atoms with Crippen molar-refractivity contribution in [2.45, 2.75) is 19.8 Å². The molecule has 0 saturated carbocycles. The smallest absolute Gasteiger partial charge is 0.310 e. The van der Waals surface area contributed by atoms with Crippen molar-refractivity contribution < 1.29 is 4.92 Å². The SMILES string of the molecule is CCN(CC1CCNCC1)c1cccc(C#N)c1[N+](=O)[O-]. The minimum absolute atomic E-state index is 0.0733. The van der Waals surface area contributed by atoms with Crippen LogP contribution in [0.5, 0.6) is 0 Å². The van der Waals surface area contributed by atoms with Gasteiger partial charge in [0, 0.05) is 13.1 Å². The van der Waals surface area contributed by atoms with Crippen molar-refractivity contribution in [2.24, 2.45) is 5.92 Å². The van der Waals surface area contributed by atoms with Crippen LogP contribution in [0.15, 0.2) is 18.2 Å². The number of anilines is 1. The van der Waals surface area contributed by atoms with E-state index in [1.165, 1.54) is 6.07 Å². The number of hydrogen-bond acceptors (Lipinski definition) is 5. The standard InChI is InChI=1S/C15H20N4O2/c1-2-18(11-12-6-8-17-9-7-12)14-5-3-4-13(10-16)15(14)19(20)21/h3-5,12,17H,2,6-9,11H2,1H3. The average Bonchev–Trinajstić information content (AvgIpc) is 2.52. The number of rotatable bonds is 5. The number of nitrogens with zero attached hydrogens (tertiary/aromatic N) is 3. The van der Waals surface area contributed by atoms with Gasteiger partial charge in [-0.2, -0.15) is 5.26 Å². The molecule has 1 aliphatic rings. The molecule has 0 spiro atoms. The molecule has 21 heavy (non-hydrogen) atoms. The molecule has 0 amide bonds. The fraction of sp³-hybridized carbons (Fsp3) is 0.533. The zero-order chi connectivity index (χ0) is 15.2. The average molecular weight is 288 g/mol. The van der Waals surface area contributed by atoms with Crippen LogP contribution in [0, 0.1) is 27.4 Å². The Morgan fingerprint density at radius 2 is 2.19 bits per heavy atom. The second kappa shape index (κ2) is 7.04. The van der Waals surface area contributed by atoms with Crippen LogP contribution in [0.25, 0.3) is 0 Å². The minimum atomic E-state index is -0.445. The van der Waals surface area contributed by atoms with Crippen molar-refractivity contribution in [2.75, 3.05) is 31.1 Å². The molecule has 0 aromatic heterocycles. The highest BCUT2D eigenvalue weighted by Gasteiger charge is 2.25. The molecule has 2 rings (SSSR count). The van der Waals surface area contributed by atoms with E-state index in [4.69, 9.17) is 5.26 Å². The number of hydrogen-bond donors (Lipinski definition) is 1. The summed E-state index contributed by atoms with van der Waals surface area (Å²) in [6.45, 7) is 5.49. The van der Waals surface area contributed by atoms with E-state index in [0.717, 1.165) is 32.5 Å². The highest BCUT2D eigenvalue weighted by atomic mass is 16.6. The molecule has 0 radical (unpaired) electrons. The van der Waals surface area contributed by atoms with Crippen LogP contribution in [0.2, 0.25) is 0 Å². The van der Waals surface area contributed by atoms with Gasteiger partial charge >= 0.3 is 5.69 Å². The van der Waals surface area contributed by atoms with E-state index in [9.17, 15) is 10.1 Å². The molecule has 1 N–H and O–H groups in total. The Kier molecular flexibility index (Phi) is 5.12. The van der Waals surface area contributed by atoms with Crippen LogP contribution in [0.4, 0.5) is 11.4 Å². The van der Waals surface area contributed by atoms with Crippen molar-refractivity contribution >= 4 is 11.4 Å². The Hall–Kier alpha value is -2.13. The summed E-state index contributed by atoms with van der Waals surface area (Å²) >= 11 is 0. The fourth-order valence-electron chi connectivity index (χ4n) is 2.84. The van der Waals surface area contributed by atoms with Crippen LogP contribution in [0.3, 0.4) is 0 Å². The van der Waals surface area contributed by atoms with Gasteiger partial charge in [-0.15, -0.1) is 0 Å². The second-order valence-corrected chi connectivity index (χ2v) is 5.27. The van der Waals surface area contributed by atoms with E-state index >= 15 is 0 Å². The van der Waals surface area contributed by atoms with Gasteiger partial charge in [0.1, 0.15) is 17.3 Å². The Labute approximate surface area is 124 Å². The van der Waals surface area contributed by atoms with Gasteiger partial charge in [0.2, 0.25) is 0 Å². The first kappa shape index (κ1) is 15.3. The summed E-state index contributed by atoms with van der Waals surface area (Å²) in [5.41, 5.74) is 0.608. The second-order valence-electron chi connectivity index (χ2n) is 5.27. The monoisotopic (exact) mass is 288 g/mol. The molecule has 0 aliphatic carbocycles. The lowest BCUT2D eigenvalue weighted by Gasteiger charge is -2.30. The maximum atomic E-state index is 11.3. The number of benzene rings is 1. The molecule has 6 heteroatoms. The molecule has 1 fully saturated rings. The van der Waals surface area contributed by atoms with E-state index in [2.05, 4.69) is 5.32 Å². The van der Waals surface area contributed by atoms with E-state index in [1.807, 2.05) is 17.9 Å². The highest BCUT2D eigenvalue weighted by Crippen LogP contribution is 2.32. The van der Waals surface area contributed by atoms with Gasteiger partial charge in [0.25, 0.3) is 0 Å². The summed E-state index contributed by atoms with van der Waals surface area (Å²) in [5, 5.41) is 23.7. The maximum Gasteiger partial charge on any atom is 0.310 e. The molecule has 1 aliphatic heterocycles. The maximum absolute atomic E-state index is 11.3. The van der Waals surface area contributed by atoms with Gasteiger partial charge < -0.3 is 10.2 Å². The molecule has 112 valence electrons. The van der Waals surface area contributed by atoms with Crippen LogP contribution >= 0.6 is 0 Å². The molecule has 1 heterocycles. The number of piperidine rings is 1. The van der Waals surface area contributed by atoms with Gasteiger partial charge in [0.05, 0.1) is 4.92 Å². The lowest BCUT2D eigenvalue weighted by Crippen LogP contribution is -2.36. The largest absolute Gasteiger partial charge is 0.366 e. The first-order valence-electron chi connectivity index (χ1n) is 7.30. The van der Waals surface area contributed by atoms with Crippen LogP contribution in [0.1, 0.15) is 25.3 Å². The predicted molar refractivity (Wildman–Crippen MR) is 81.3 cm³/mol. The topological polar surface area (TPSA) is 82.2 Å². The molecule has 6 nitrogen and oxygen atoms in total. The molecule has 1 aromatic carbocycles. The summed E-state index contributed by atoms with van der Waals surface area (Å²) in [6, 6.07) is 6.88. The Morgan fingerprint density at radius 3 is 2.76 bits per heavy atom. The van der Waals surface area contributed by atoms with Crippen molar-refractivity contribution in [3.8, 4) is 6.07 Å². The summed E-state index contributed by atoms with van der Waals surface area (Å²) in [4.78, 5) is 12.9. The predicted octanol–water partition coefficient (Wildman–Crippen LogP) is 2.29. The third kappa shape index (κ3) is 3.50. The van der Waals surface area contributed by atoms with Crippen molar-refractivity contribution in [1.29, 1.82) is 5.26 Å². The number of nitro groups is 1. The van der Waals surface area contributed by atoms with E-state index in [1.54, 1.807) is 12.1 Å². The third-order valence-electron chi connectivity index (χ3n) is 3.98. The van der Waals surface area contributed by atoms with Gasteiger partial charge in [-0.1, -0.05) is 6.07 Å². The molecule has 0 unspecified atom stereocenters. The molecule has 0 atom stereocenters. The molecule has 1 aromatic rings. The van der Waals surface area contributed by atoms with Crippen LogP contribution < -0.4 is 10.2 Å². The van der Waals surface area contributed by atoms with Crippen molar-refractivity contribution in [3.05, 3.63) is 33.9 Å². The summed E-state index contributed by atoms with van der Waals surface area (Å²) in [5.74, 6) is 0.538. The van der Waals surface area contributed by atoms with Gasteiger partial charge in [-0.3, -0.25) is 10.1 Å². The van der Waals surface area contributed by atoms with Gasteiger partial charge in [-0.25, -0.2) is 0 Å². The molecular weight excluding hydrogens is 268 g/mol. The lowest BCUT2D eigenvalue weighted by molar-refractivity contribution is -0.384. The number of nitro benzene ring substituents is 1. The number of para-hydroxylation sites is 1. The number of nitrogens with one attached hydrogen (secondary N) is 1. The van der Waals surface area contributed by atoms with Gasteiger partial charge in [0.15, 0.2) is 0 Å². The van der Waals surface area contributed by atoms with Crippen molar-refractivity contribution in [1.82, 2.24) is 5.32 Å². The molecule has 0 bridgehead atoms. The van der Waals surface area contributed by atoms with E-state index < -0.39 is 4.92 Å². The Bertz CT molecular complexity index is 547. The van der Waals surface area contributed by atoms with Crippen molar-refractivity contribution in [3.63, 3.8) is 0 Å². The van der Waals surface area contributed by atoms with E-state index in [0.29, 0.717) is 18.2 Å². The fourth-order valence-corrected chi connectivity index (χ4v) is 2.84. The molecular formula is C15H20N4O2. The molecule has 1 saturated heterocycles. The van der Waals surface area contributed by atoms with Crippen LogP contribution in [-0.2, 0) is 0 Å². The van der Waals surface area contributed by atoms with E-state index in [-0.39, 0.29) is 11.3 Å². The number of nitriles is 1. The highest BCUT2D eigenvalue weighted by molar-refractivity contribution is 5.69. The Morgan fingerprint density at radius 1 is 1.48 bits per heavy atom. The summed E-state index contributed by atoms with van der Waals surface area (Å²) < 4.78 is 0. The van der Waals surface area contributed by atoms with Gasteiger partial charge in [-0.05, 0) is 50.9 Å². The summed E-state index contributed by atoms with van der Waals surface area (Å²) in [6.07, 6.45) is 2.17. The Balaban J connectivity index is 2.29. The minimum Gasteiger partial charge on any atom is -0.366 e. The first-order chi connectivity index (χ1) is 10.2. The quantitative estimate of drug-likeness (QED) is 0.664. The third-order valence-corrected chi connectivity index (χ3v) is 3.98.